The molecule has 0 amide bonds. The van der Waals surface area contributed by atoms with Crippen LogP contribution in [0.15, 0.2) is 42.7 Å². The Bertz CT molecular complexity index is 654. The average Bonchev–Trinajstić information content (AvgIpc) is 2.54. The van der Waals surface area contributed by atoms with Crippen LogP contribution in [0.5, 0.6) is 11.5 Å². The van der Waals surface area contributed by atoms with Crippen LogP contribution in [0, 0.1) is 5.92 Å². The first-order valence-electron chi connectivity index (χ1n) is 7.10. The highest BCUT2D eigenvalue weighted by molar-refractivity contribution is 5.98. The second-order valence-electron chi connectivity index (χ2n) is 5.03. The van der Waals surface area contributed by atoms with Gasteiger partial charge in [-0.1, -0.05) is 18.2 Å². The van der Waals surface area contributed by atoms with E-state index in [9.17, 15) is 4.79 Å². The van der Waals surface area contributed by atoms with Gasteiger partial charge >= 0.3 is 0 Å². The first-order valence-corrected chi connectivity index (χ1v) is 7.10. The summed E-state index contributed by atoms with van der Waals surface area (Å²) in [6.07, 6.45) is 3.91. The first-order chi connectivity index (χ1) is 10.3. The molecule has 0 saturated heterocycles. The zero-order chi connectivity index (χ0) is 14.7. The number of benzene rings is 1. The number of para-hydroxylation sites is 1. The van der Waals surface area contributed by atoms with Crippen LogP contribution in [-0.2, 0) is 6.42 Å². The number of hydrogen-bond donors (Lipinski definition) is 0. The largest absolute Gasteiger partial charge is 0.493 e. The molecule has 0 aliphatic carbocycles. The molecule has 0 radical (unpaired) electrons. The van der Waals surface area contributed by atoms with E-state index in [4.69, 9.17) is 9.47 Å². The molecule has 2 aromatic rings. The van der Waals surface area contributed by atoms with Crippen molar-refractivity contribution in [2.45, 2.75) is 13.3 Å². The van der Waals surface area contributed by atoms with Gasteiger partial charge in [-0.25, -0.2) is 0 Å². The Kier molecular flexibility index (Phi) is 3.86. The molecule has 1 aliphatic rings. The van der Waals surface area contributed by atoms with E-state index in [-0.39, 0.29) is 11.7 Å². The molecule has 0 fully saturated rings. The zero-order valence-corrected chi connectivity index (χ0v) is 11.9. The second-order valence-corrected chi connectivity index (χ2v) is 5.03. The number of carbonyl (C=O) groups is 1. The third kappa shape index (κ3) is 2.89. The zero-order valence-electron chi connectivity index (χ0n) is 11.9. The lowest BCUT2D eigenvalue weighted by Gasteiger charge is -2.24. The maximum absolute atomic E-state index is 12.6. The van der Waals surface area contributed by atoms with E-state index in [1.807, 2.05) is 31.2 Å². The van der Waals surface area contributed by atoms with Crippen molar-refractivity contribution < 1.29 is 14.3 Å². The van der Waals surface area contributed by atoms with Crippen LogP contribution in [0.4, 0.5) is 0 Å². The lowest BCUT2D eigenvalue weighted by atomic mass is 9.90. The Morgan fingerprint density at radius 1 is 1.38 bits per heavy atom. The summed E-state index contributed by atoms with van der Waals surface area (Å²) in [4.78, 5) is 16.7. The van der Waals surface area contributed by atoms with Gasteiger partial charge in [-0.3, -0.25) is 9.78 Å². The lowest BCUT2D eigenvalue weighted by Crippen LogP contribution is -2.28. The minimum Gasteiger partial charge on any atom is -0.493 e. The number of Topliss-reactive ketones (excluding diaryl/α,β-unsaturated/α-hetero) is 1. The molecule has 4 heteroatoms. The summed E-state index contributed by atoms with van der Waals surface area (Å²) in [5, 5.41) is 0. The van der Waals surface area contributed by atoms with Gasteiger partial charge < -0.3 is 9.47 Å². The van der Waals surface area contributed by atoms with Gasteiger partial charge in [0.05, 0.1) is 25.3 Å². The Labute approximate surface area is 123 Å². The SMILES string of the molecule is CCOc1cncc(C(=O)C2COc3ccccc3C2)c1. The minimum absolute atomic E-state index is 0.0542. The molecular formula is C17H17NO3. The second kappa shape index (κ2) is 5.95. The van der Waals surface area contributed by atoms with Crippen LogP contribution < -0.4 is 9.47 Å². The summed E-state index contributed by atoms with van der Waals surface area (Å²) in [6.45, 7) is 2.87. The molecule has 0 saturated carbocycles. The molecular weight excluding hydrogens is 266 g/mol. The number of carbonyl (C=O) groups excluding carboxylic acids is 1. The smallest absolute Gasteiger partial charge is 0.171 e. The fourth-order valence-electron chi connectivity index (χ4n) is 2.53. The van der Waals surface area contributed by atoms with Gasteiger partial charge in [-0.2, -0.15) is 0 Å². The molecule has 108 valence electrons. The van der Waals surface area contributed by atoms with Crippen LogP contribution in [0.3, 0.4) is 0 Å². The fraction of sp³-hybridized carbons (Fsp3) is 0.294. The van der Waals surface area contributed by atoms with Gasteiger partial charge in [0.15, 0.2) is 5.78 Å². The molecule has 1 atom stereocenters. The van der Waals surface area contributed by atoms with Crippen molar-refractivity contribution in [2.24, 2.45) is 5.92 Å². The Hall–Kier alpha value is -2.36. The molecule has 0 spiro atoms. The summed E-state index contributed by atoms with van der Waals surface area (Å²) >= 11 is 0. The number of rotatable bonds is 4. The summed E-state index contributed by atoms with van der Waals surface area (Å²) in [5.74, 6) is 1.39. The first kappa shape index (κ1) is 13.6. The van der Waals surface area contributed by atoms with E-state index in [0.717, 1.165) is 11.3 Å². The van der Waals surface area contributed by atoms with E-state index in [1.165, 1.54) is 0 Å². The Balaban J connectivity index is 1.79. The van der Waals surface area contributed by atoms with Crippen molar-refractivity contribution in [1.29, 1.82) is 0 Å². The molecule has 1 aromatic heterocycles. The van der Waals surface area contributed by atoms with Gasteiger partial charge in [0, 0.05) is 11.8 Å². The van der Waals surface area contributed by atoms with Gasteiger partial charge in [0.25, 0.3) is 0 Å². The molecule has 0 N–H and O–H groups in total. The van der Waals surface area contributed by atoms with Gasteiger partial charge in [0.1, 0.15) is 11.5 Å². The number of nitrogens with zero attached hydrogens (tertiary/aromatic N) is 1. The molecule has 21 heavy (non-hydrogen) atoms. The summed E-state index contributed by atoms with van der Waals surface area (Å²) < 4.78 is 11.1. The number of ether oxygens (including phenoxy) is 2. The van der Waals surface area contributed by atoms with E-state index in [2.05, 4.69) is 4.98 Å². The summed E-state index contributed by atoms with van der Waals surface area (Å²) in [6, 6.07) is 9.60. The highest BCUT2D eigenvalue weighted by atomic mass is 16.5. The van der Waals surface area contributed by atoms with Crippen molar-refractivity contribution in [3.8, 4) is 11.5 Å². The van der Waals surface area contributed by atoms with Crippen LogP contribution >= 0.6 is 0 Å². The normalized spacial score (nSPS) is 16.7. The number of ketones is 1. The topological polar surface area (TPSA) is 48.4 Å². The van der Waals surface area contributed by atoms with Gasteiger partial charge in [-0.15, -0.1) is 0 Å². The minimum atomic E-state index is -0.168. The van der Waals surface area contributed by atoms with E-state index < -0.39 is 0 Å². The van der Waals surface area contributed by atoms with E-state index in [0.29, 0.717) is 30.9 Å². The molecule has 4 nitrogen and oxygen atoms in total. The highest BCUT2D eigenvalue weighted by Gasteiger charge is 2.27. The predicted octanol–water partition coefficient (Wildman–Crippen LogP) is 2.91. The highest BCUT2D eigenvalue weighted by Crippen LogP contribution is 2.28. The van der Waals surface area contributed by atoms with Crippen LogP contribution in [0.1, 0.15) is 22.8 Å². The molecule has 1 aromatic carbocycles. The maximum Gasteiger partial charge on any atom is 0.171 e. The van der Waals surface area contributed by atoms with Crippen LogP contribution in [0.25, 0.3) is 0 Å². The number of pyridine rings is 1. The van der Waals surface area contributed by atoms with Crippen molar-refractivity contribution in [2.75, 3.05) is 13.2 Å². The van der Waals surface area contributed by atoms with Crippen molar-refractivity contribution in [3.63, 3.8) is 0 Å². The van der Waals surface area contributed by atoms with Gasteiger partial charge in [-0.05, 0) is 31.0 Å². The van der Waals surface area contributed by atoms with Gasteiger partial charge in [0.2, 0.25) is 0 Å². The van der Waals surface area contributed by atoms with Crippen LogP contribution in [0.2, 0.25) is 0 Å². The standard InChI is InChI=1S/C17H17NO3/c1-2-20-15-8-13(9-18-10-15)17(19)14-7-12-5-3-4-6-16(12)21-11-14/h3-6,8-10,14H,2,7,11H2,1H3. The van der Waals surface area contributed by atoms with Crippen molar-refractivity contribution in [3.05, 3.63) is 53.9 Å². The summed E-state index contributed by atoms with van der Waals surface area (Å²) in [7, 11) is 0. The lowest BCUT2D eigenvalue weighted by molar-refractivity contribution is 0.0854. The molecule has 1 unspecified atom stereocenters. The molecule has 1 aliphatic heterocycles. The summed E-state index contributed by atoms with van der Waals surface area (Å²) in [5.41, 5.74) is 1.66. The monoisotopic (exact) mass is 283 g/mol. The Morgan fingerprint density at radius 2 is 2.24 bits per heavy atom. The third-order valence-electron chi connectivity index (χ3n) is 3.56. The molecule has 3 rings (SSSR count). The molecule has 0 bridgehead atoms. The predicted molar refractivity (Wildman–Crippen MR) is 78.9 cm³/mol. The number of aromatic nitrogens is 1. The Morgan fingerprint density at radius 3 is 3.10 bits per heavy atom. The van der Waals surface area contributed by atoms with E-state index >= 15 is 0 Å². The van der Waals surface area contributed by atoms with Crippen LogP contribution in [-0.4, -0.2) is 24.0 Å². The van der Waals surface area contributed by atoms with E-state index in [1.54, 1.807) is 18.5 Å². The molecule has 2 heterocycles. The van der Waals surface area contributed by atoms with Crippen molar-refractivity contribution >= 4 is 5.78 Å². The quantitative estimate of drug-likeness (QED) is 0.809. The fourth-order valence-corrected chi connectivity index (χ4v) is 2.53. The average molecular weight is 283 g/mol. The van der Waals surface area contributed by atoms with Crippen molar-refractivity contribution in [1.82, 2.24) is 4.98 Å². The third-order valence-corrected chi connectivity index (χ3v) is 3.56. The number of fused-ring (bicyclic) bond motifs is 1. The number of hydrogen-bond acceptors (Lipinski definition) is 4. The maximum atomic E-state index is 12.6.